The standard InChI is InChI=1S/C25H22N4O7S/c1-16-2-4-17(5-3-16)15-27(24(31)18-6-8-20(9-7-18)29(33)34)22-14-23(30)28(25(22)32)19-10-12-21(13-11-19)37(26,35)36/h2-13,22H,14-15H2,1H3,(H2,26,35,36). The Hall–Kier alpha value is -4.42. The number of non-ortho nitro benzene ring substituents is 1. The van der Waals surface area contributed by atoms with Gasteiger partial charge in [0.1, 0.15) is 6.04 Å². The summed E-state index contributed by atoms with van der Waals surface area (Å²) in [5.41, 5.74) is 1.79. The van der Waals surface area contributed by atoms with Crippen molar-refractivity contribution >= 4 is 39.1 Å². The molecular formula is C25H22N4O7S. The Bertz CT molecular complexity index is 1490. The molecule has 0 aliphatic carbocycles. The first-order chi connectivity index (χ1) is 17.5. The normalized spacial score (nSPS) is 15.6. The zero-order valence-electron chi connectivity index (χ0n) is 19.6. The van der Waals surface area contributed by atoms with Crippen molar-refractivity contribution in [3.63, 3.8) is 0 Å². The van der Waals surface area contributed by atoms with E-state index in [2.05, 4.69) is 0 Å². The molecule has 3 aromatic rings. The Labute approximate surface area is 212 Å². The fraction of sp³-hybridized carbons (Fsp3) is 0.160. The molecule has 1 aliphatic rings. The quantitative estimate of drug-likeness (QED) is 0.283. The fourth-order valence-corrected chi connectivity index (χ4v) is 4.54. The van der Waals surface area contributed by atoms with Crippen molar-refractivity contribution in [3.05, 3.63) is 99.6 Å². The number of sulfonamides is 1. The molecule has 190 valence electrons. The van der Waals surface area contributed by atoms with E-state index in [0.717, 1.165) is 16.0 Å². The zero-order chi connectivity index (χ0) is 26.9. The van der Waals surface area contributed by atoms with Crippen LogP contribution >= 0.6 is 0 Å². The average Bonchev–Trinajstić information content (AvgIpc) is 3.16. The summed E-state index contributed by atoms with van der Waals surface area (Å²) < 4.78 is 23.1. The van der Waals surface area contributed by atoms with Crippen molar-refractivity contribution in [1.29, 1.82) is 0 Å². The summed E-state index contributed by atoms with van der Waals surface area (Å²) in [5, 5.41) is 16.1. The van der Waals surface area contributed by atoms with E-state index in [0.29, 0.717) is 0 Å². The SMILES string of the molecule is Cc1ccc(CN(C(=O)c2ccc([N+](=O)[O-])cc2)C2CC(=O)N(c3ccc(S(N)(=O)=O)cc3)C2=O)cc1. The minimum absolute atomic E-state index is 0.0119. The van der Waals surface area contributed by atoms with E-state index in [4.69, 9.17) is 5.14 Å². The first-order valence-electron chi connectivity index (χ1n) is 11.1. The molecule has 0 bridgehead atoms. The van der Waals surface area contributed by atoms with Crippen LogP contribution in [0.4, 0.5) is 11.4 Å². The third-order valence-electron chi connectivity index (χ3n) is 5.98. The van der Waals surface area contributed by atoms with Gasteiger partial charge in [0.25, 0.3) is 17.5 Å². The lowest BCUT2D eigenvalue weighted by molar-refractivity contribution is -0.384. The molecule has 0 aromatic heterocycles. The molecule has 1 saturated heterocycles. The van der Waals surface area contributed by atoms with E-state index in [1.54, 1.807) is 12.1 Å². The minimum Gasteiger partial charge on any atom is -0.322 e. The molecule has 0 saturated carbocycles. The number of benzene rings is 3. The van der Waals surface area contributed by atoms with Crippen molar-refractivity contribution in [3.8, 4) is 0 Å². The molecule has 1 unspecified atom stereocenters. The van der Waals surface area contributed by atoms with Crippen molar-refractivity contribution in [1.82, 2.24) is 4.90 Å². The number of carbonyl (C=O) groups is 3. The first kappa shape index (κ1) is 25.7. The van der Waals surface area contributed by atoms with Gasteiger partial charge in [-0.25, -0.2) is 18.5 Å². The number of nitrogens with two attached hydrogens (primary N) is 1. The zero-order valence-corrected chi connectivity index (χ0v) is 20.4. The van der Waals surface area contributed by atoms with Crippen LogP contribution in [0.3, 0.4) is 0 Å². The number of nitro groups is 1. The highest BCUT2D eigenvalue weighted by Crippen LogP contribution is 2.29. The smallest absolute Gasteiger partial charge is 0.269 e. The van der Waals surface area contributed by atoms with Crippen LogP contribution in [0.2, 0.25) is 0 Å². The van der Waals surface area contributed by atoms with Crippen LogP contribution in [-0.4, -0.2) is 42.0 Å². The van der Waals surface area contributed by atoms with Gasteiger partial charge in [0.15, 0.2) is 0 Å². The molecule has 4 rings (SSSR count). The molecule has 0 spiro atoms. The summed E-state index contributed by atoms with van der Waals surface area (Å²) in [6.45, 7) is 1.92. The summed E-state index contributed by atoms with van der Waals surface area (Å²) >= 11 is 0. The van der Waals surface area contributed by atoms with Crippen molar-refractivity contribution in [2.24, 2.45) is 5.14 Å². The lowest BCUT2D eigenvalue weighted by Gasteiger charge is -2.28. The highest BCUT2D eigenvalue weighted by molar-refractivity contribution is 7.89. The molecule has 0 radical (unpaired) electrons. The van der Waals surface area contributed by atoms with E-state index in [9.17, 15) is 32.9 Å². The number of hydrogen-bond acceptors (Lipinski definition) is 7. The minimum atomic E-state index is -3.97. The van der Waals surface area contributed by atoms with Crippen molar-refractivity contribution in [2.45, 2.75) is 30.8 Å². The topological polar surface area (TPSA) is 161 Å². The van der Waals surface area contributed by atoms with Crippen LogP contribution in [0.25, 0.3) is 0 Å². The molecule has 3 amide bonds. The molecule has 12 heteroatoms. The number of primary sulfonamides is 1. The molecule has 2 N–H and O–H groups in total. The van der Waals surface area contributed by atoms with Gasteiger partial charge in [-0.1, -0.05) is 29.8 Å². The predicted molar refractivity (Wildman–Crippen MR) is 133 cm³/mol. The Morgan fingerprint density at radius 2 is 1.62 bits per heavy atom. The van der Waals surface area contributed by atoms with Gasteiger partial charge in [-0.3, -0.25) is 24.5 Å². The number of aryl methyl sites for hydroxylation is 1. The number of hydrogen-bond donors (Lipinski definition) is 1. The van der Waals surface area contributed by atoms with Gasteiger partial charge >= 0.3 is 0 Å². The second-order valence-corrected chi connectivity index (χ2v) is 10.1. The number of anilines is 1. The Morgan fingerprint density at radius 1 is 1.03 bits per heavy atom. The van der Waals surface area contributed by atoms with Crippen LogP contribution < -0.4 is 10.0 Å². The van der Waals surface area contributed by atoms with E-state index in [1.807, 2.05) is 19.1 Å². The molecule has 3 aromatic carbocycles. The fourth-order valence-electron chi connectivity index (χ4n) is 4.02. The summed E-state index contributed by atoms with van der Waals surface area (Å²) in [6, 6.07) is 16.1. The van der Waals surface area contributed by atoms with Gasteiger partial charge < -0.3 is 4.90 Å². The largest absolute Gasteiger partial charge is 0.322 e. The average molecular weight is 523 g/mol. The monoisotopic (exact) mass is 522 g/mol. The van der Waals surface area contributed by atoms with E-state index >= 15 is 0 Å². The van der Waals surface area contributed by atoms with Gasteiger partial charge in [-0.2, -0.15) is 0 Å². The Balaban J connectivity index is 1.68. The lowest BCUT2D eigenvalue weighted by atomic mass is 10.1. The van der Waals surface area contributed by atoms with Crippen LogP contribution in [0, 0.1) is 17.0 Å². The number of nitrogens with zero attached hydrogens (tertiary/aromatic N) is 3. The maximum absolute atomic E-state index is 13.5. The molecular weight excluding hydrogens is 500 g/mol. The molecule has 37 heavy (non-hydrogen) atoms. The highest BCUT2D eigenvalue weighted by Gasteiger charge is 2.44. The molecule has 1 heterocycles. The number of imide groups is 1. The Morgan fingerprint density at radius 3 is 2.16 bits per heavy atom. The number of carbonyl (C=O) groups excluding carboxylic acids is 3. The van der Waals surface area contributed by atoms with E-state index < -0.39 is 38.7 Å². The summed E-state index contributed by atoms with van der Waals surface area (Å²) in [5.74, 6) is -1.80. The predicted octanol–water partition coefficient (Wildman–Crippen LogP) is 2.53. The summed E-state index contributed by atoms with van der Waals surface area (Å²) in [4.78, 5) is 52.3. The first-order valence-corrected chi connectivity index (χ1v) is 12.6. The molecule has 1 atom stereocenters. The molecule has 11 nitrogen and oxygen atoms in total. The summed E-state index contributed by atoms with van der Waals surface area (Å²) in [6.07, 6.45) is -0.291. The molecule has 1 aliphatic heterocycles. The lowest BCUT2D eigenvalue weighted by Crippen LogP contribution is -2.45. The van der Waals surface area contributed by atoms with Crippen LogP contribution in [0.15, 0.2) is 77.7 Å². The van der Waals surface area contributed by atoms with Crippen molar-refractivity contribution in [2.75, 3.05) is 4.90 Å². The third-order valence-corrected chi connectivity index (χ3v) is 6.91. The van der Waals surface area contributed by atoms with Gasteiger partial charge in [0, 0.05) is 24.2 Å². The van der Waals surface area contributed by atoms with Crippen molar-refractivity contribution < 1.29 is 27.7 Å². The van der Waals surface area contributed by atoms with Gasteiger partial charge in [-0.15, -0.1) is 0 Å². The summed E-state index contributed by atoms with van der Waals surface area (Å²) in [7, 11) is -3.97. The van der Waals surface area contributed by atoms with Gasteiger partial charge in [0.2, 0.25) is 15.9 Å². The van der Waals surface area contributed by atoms with Crippen LogP contribution in [-0.2, 0) is 26.2 Å². The second-order valence-electron chi connectivity index (χ2n) is 8.55. The van der Waals surface area contributed by atoms with Crippen LogP contribution in [0.1, 0.15) is 27.9 Å². The Kier molecular flexibility index (Phi) is 6.88. The maximum Gasteiger partial charge on any atom is 0.269 e. The maximum atomic E-state index is 13.5. The number of nitro benzene ring substituents is 1. The second kappa shape index (κ2) is 9.91. The highest BCUT2D eigenvalue weighted by atomic mass is 32.2. The number of rotatable bonds is 7. The molecule has 1 fully saturated rings. The van der Waals surface area contributed by atoms with Gasteiger partial charge in [-0.05, 0) is 48.9 Å². The number of amides is 3. The van der Waals surface area contributed by atoms with Crippen LogP contribution in [0.5, 0.6) is 0 Å². The van der Waals surface area contributed by atoms with E-state index in [1.165, 1.54) is 53.4 Å². The van der Waals surface area contributed by atoms with Gasteiger partial charge in [0.05, 0.1) is 21.9 Å². The third kappa shape index (κ3) is 5.39. The van der Waals surface area contributed by atoms with E-state index in [-0.39, 0.29) is 34.8 Å².